The van der Waals surface area contributed by atoms with Crippen molar-refractivity contribution in [2.24, 2.45) is 0 Å². The summed E-state index contributed by atoms with van der Waals surface area (Å²) in [5.41, 5.74) is 0.154. The highest BCUT2D eigenvalue weighted by atomic mass is 35.5. The van der Waals surface area contributed by atoms with Gasteiger partial charge in [0.05, 0.1) is 17.1 Å². The number of benzene rings is 3. The SMILES string of the molecule is O=C(Nc1cccc(C(F)(F)F)c1)c1cccc2cc(Oc3cc(CCl)ncn3)ccc12. The Morgan fingerprint density at radius 2 is 1.81 bits per heavy atom. The van der Waals surface area contributed by atoms with Gasteiger partial charge in [-0.15, -0.1) is 11.6 Å². The highest BCUT2D eigenvalue weighted by molar-refractivity contribution is 6.16. The number of aromatic nitrogens is 2. The first-order valence-electron chi connectivity index (χ1n) is 9.39. The number of halogens is 4. The van der Waals surface area contributed by atoms with E-state index in [1.807, 2.05) is 0 Å². The first kappa shape index (κ1) is 21.6. The van der Waals surface area contributed by atoms with Crippen LogP contribution in [0, 0.1) is 0 Å². The van der Waals surface area contributed by atoms with Crippen molar-refractivity contribution in [3.05, 3.63) is 89.9 Å². The van der Waals surface area contributed by atoms with Crippen LogP contribution in [0.5, 0.6) is 11.6 Å². The van der Waals surface area contributed by atoms with Gasteiger partial charge in [0.2, 0.25) is 5.88 Å². The molecular weight excluding hydrogens is 443 g/mol. The predicted molar refractivity (Wildman–Crippen MR) is 115 cm³/mol. The number of rotatable bonds is 5. The molecule has 5 nitrogen and oxygen atoms in total. The van der Waals surface area contributed by atoms with Gasteiger partial charge in [-0.25, -0.2) is 9.97 Å². The number of anilines is 1. The van der Waals surface area contributed by atoms with Crippen molar-refractivity contribution in [3.63, 3.8) is 0 Å². The van der Waals surface area contributed by atoms with Crippen molar-refractivity contribution < 1.29 is 22.7 Å². The topological polar surface area (TPSA) is 64.1 Å². The number of alkyl halides is 4. The van der Waals surface area contributed by atoms with E-state index in [9.17, 15) is 18.0 Å². The third-order valence-corrected chi connectivity index (χ3v) is 4.88. The van der Waals surface area contributed by atoms with Crippen LogP contribution in [0.15, 0.2) is 73.1 Å². The van der Waals surface area contributed by atoms with Gasteiger partial charge >= 0.3 is 6.18 Å². The van der Waals surface area contributed by atoms with E-state index in [1.54, 1.807) is 42.5 Å². The van der Waals surface area contributed by atoms with Gasteiger partial charge in [-0.1, -0.05) is 18.2 Å². The molecule has 1 aromatic heterocycles. The summed E-state index contributed by atoms with van der Waals surface area (Å²) in [4.78, 5) is 20.8. The van der Waals surface area contributed by atoms with E-state index < -0.39 is 17.6 Å². The van der Waals surface area contributed by atoms with Gasteiger partial charge in [-0.05, 0) is 53.2 Å². The smallest absolute Gasteiger partial charge is 0.416 e. The van der Waals surface area contributed by atoms with E-state index in [2.05, 4.69) is 15.3 Å². The van der Waals surface area contributed by atoms with Gasteiger partial charge < -0.3 is 10.1 Å². The second-order valence-corrected chi connectivity index (χ2v) is 7.07. The third-order valence-electron chi connectivity index (χ3n) is 4.60. The van der Waals surface area contributed by atoms with Crippen molar-refractivity contribution in [2.75, 3.05) is 5.32 Å². The Kier molecular flexibility index (Phi) is 5.96. The number of carbonyl (C=O) groups excluding carboxylic acids is 1. The molecule has 4 aromatic rings. The molecular formula is C23H15ClF3N3O2. The Morgan fingerprint density at radius 3 is 2.59 bits per heavy atom. The van der Waals surface area contributed by atoms with Gasteiger partial charge in [-0.2, -0.15) is 13.2 Å². The van der Waals surface area contributed by atoms with E-state index >= 15 is 0 Å². The molecule has 0 aliphatic carbocycles. The number of hydrogen-bond acceptors (Lipinski definition) is 4. The zero-order chi connectivity index (χ0) is 22.7. The molecule has 0 unspecified atom stereocenters. The van der Waals surface area contributed by atoms with E-state index in [0.717, 1.165) is 12.1 Å². The van der Waals surface area contributed by atoms with Gasteiger partial charge in [0.15, 0.2) is 0 Å². The molecule has 1 heterocycles. The van der Waals surface area contributed by atoms with Crippen molar-refractivity contribution >= 4 is 34.0 Å². The first-order chi connectivity index (χ1) is 15.3. The molecule has 0 aliphatic rings. The van der Waals surface area contributed by atoms with Crippen molar-refractivity contribution in [1.82, 2.24) is 9.97 Å². The summed E-state index contributed by atoms with van der Waals surface area (Å²) in [6, 6.07) is 16.3. The number of ether oxygens (including phenoxy) is 1. The molecule has 9 heteroatoms. The zero-order valence-electron chi connectivity index (χ0n) is 16.4. The monoisotopic (exact) mass is 457 g/mol. The maximum atomic E-state index is 12.9. The molecule has 0 aliphatic heterocycles. The number of fused-ring (bicyclic) bond motifs is 1. The lowest BCUT2D eigenvalue weighted by atomic mass is 10.0. The Bertz CT molecular complexity index is 1290. The van der Waals surface area contributed by atoms with Crippen molar-refractivity contribution in [1.29, 1.82) is 0 Å². The van der Waals surface area contributed by atoms with Crippen LogP contribution in [-0.2, 0) is 12.1 Å². The number of amides is 1. The Hall–Kier alpha value is -3.65. The van der Waals surface area contributed by atoms with Crippen LogP contribution in [0.25, 0.3) is 10.8 Å². The summed E-state index contributed by atoms with van der Waals surface area (Å²) in [7, 11) is 0. The van der Waals surface area contributed by atoms with Gasteiger partial charge in [0, 0.05) is 17.3 Å². The molecule has 3 aromatic carbocycles. The predicted octanol–water partition coefficient (Wildman–Crippen LogP) is 6.43. The summed E-state index contributed by atoms with van der Waals surface area (Å²) in [6.07, 6.45) is -3.14. The second kappa shape index (κ2) is 8.84. The lowest BCUT2D eigenvalue weighted by molar-refractivity contribution is -0.137. The average Bonchev–Trinajstić information content (AvgIpc) is 2.78. The van der Waals surface area contributed by atoms with Crippen LogP contribution in [-0.4, -0.2) is 15.9 Å². The lowest BCUT2D eigenvalue weighted by Gasteiger charge is -2.12. The molecule has 162 valence electrons. The molecule has 0 bridgehead atoms. The molecule has 1 N–H and O–H groups in total. The van der Waals surface area contributed by atoms with Crippen LogP contribution in [0.1, 0.15) is 21.6 Å². The number of carbonyl (C=O) groups is 1. The summed E-state index contributed by atoms with van der Waals surface area (Å²) in [5, 5.41) is 3.86. The summed E-state index contributed by atoms with van der Waals surface area (Å²) < 4.78 is 44.6. The van der Waals surface area contributed by atoms with Gasteiger partial charge in [-0.3, -0.25) is 4.79 Å². The quantitative estimate of drug-likeness (QED) is 0.351. The lowest BCUT2D eigenvalue weighted by Crippen LogP contribution is -2.13. The standard InChI is InChI=1S/C23H15ClF3N3O2/c24-12-17-11-21(29-13-28-17)32-18-7-8-19-14(9-18)3-1-6-20(19)22(31)30-16-5-2-4-15(10-16)23(25,26)27/h1-11,13H,12H2,(H,30,31). The second-order valence-electron chi connectivity index (χ2n) is 6.80. The highest BCUT2D eigenvalue weighted by Gasteiger charge is 2.30. The Balaban J connectivity index is 1.59. The number of nitrogens with one attached hydrogen (secondary N) is 1. The number of nitrogens with zero attached hydrogens (tertiary/aromatic N) is 2. The van der Waals surface area contributed by atoms with E-state index in [0.29, 0.717) is 33.7 Å². The van der Waals surface area contributed by atoms with Crippen LogP contribution >= 0.6 is 11.6 Å². The molecule has 0 saturated carbocycles. The largest absolute Gasteiger partial charge is 0.439 e. The maximum absolute atomic E-state index is 12.9. The fourth-order valence-electron chi connectivity index (χ4n) is 3.12. The minimum absolute atomic E-state index is 0.0561. The fraction of sp³-hybridized carbons (Fsp3) is 0.0870. The maximum Gasteiger partial charge on any atom is 0.416 e. The molecule has 0 radical (unpaired) electrons. The van der Waals surface area contributed by atoms with Gasteiger partial charge in [0.1, 0.15) is 12.1 Å². The van der Waals surface area contributed by atoms with E-state index in [1.165, 1.54) is 18.5 Å². The van der Waals surface area contributed by atoms with E-state index in [4.69, 9.17) is 16.3 Å². The molecule has 1 amide bonds. The molecule has 0 fully saturated rings. The Labute approximate surface area is 185 Å². The summed E-state index contributed by atoms with van der Waals surface area (Å²) in [6.45, 7) is 0. The van der Waals surface area contributed by atoms with Crippen LogP contribution in [0.2, 0.25) is 0 Å². The molecule has 32 heavy (non-hydrogen) atoms. The molecule has 4 rings (SSSR count). The fourth-order valence-corrected chi connectivity index (χ4v) is 3.27. The zero-order valence-corrected chi connectivity index (χ0v) is 17.1. The minimum Gasteiger partial charge on any atom is -0.439 e. The average molecular weight is 458 g/mol. The molecule has 0 spiro atoms. The van der Waals surface area contributed by atoms with Crippen LogP contribution in [0.4, 0.5) is 18.9 Å². The van der Waals surface area contributed by atoms with Crippen LogP contribution < -0.4 is 10.1 Å². The Morgan fingerprint density at radius 1 is 1.00 bits per heavy atom. The number of hydrogen-bond donors (Lipinski definition) is 1. The first-order valence-corrected chi connectivity index (χ1v) is 9.93. The third kappa shape index (κ3) is 4.81. The van der Waals surface area contributed by atoms with Crippen LogP contribution in [0.3, 0.4) is 0 Å². The van der Waals surface area contributed by atoms with Crippen molar-refractivity contribution in [2.45, 2.75) is 12.1 Å². The highest BCUT2D eigenvalue weighted by Crippen LogP contribution is 2.31. The summed E-state index contributed by atoms with van der Waals surface area (Å²) >= 11 is 5.78. The minimum atomic E-state index is -4.50. The van der Waals surface area contributed by atoms with Crippen molar-refractivity contribution in [3.8, 4) is 11.6 Å². The molecule has 0 atom stereocenters. The summed E-state index contributed by atoms with van der Waals surface area (Å²) in [5.74, 6) is 0.521. The van der Waals surface area contributed by atoms with E-state index in [-0.39, 0.29) is 11.6 Å². The van der Waals surface area contributed by atoms with Gasteiger partial charge in [0.25, 0.3) is 5.91 Å². The normalized spacial score (nSPS) is 11.4. The molecule has 0 saturated heterocycles.